The lowest BCUT2D eigenvalue weighted by atomic mass is 10.1. The normalized spacial score (nSPS) is 13.8. The Hall–Kier alpha value is -3.54. The fraction of sp³-hybridized carbons (Fsp3) is 0.655. The van der Waals surface area contributed by atoms with Crippen molar-refractivity contribution in [3.8, 4) is 11.5 Å². The Morgan fingerprint density at radius 1 is 0.707 bits per heavy atom. The molecule has 0 amide bonds. The van der Waals surface area contributed by atoms with Crippen LogP contribution in [-0.2, 0) is 34.9 Å². The van der Waals surface area contributed by atoms with Crippen molar-refractivity contribution in [2.24, 2.45) is 11.7 Å². The minimum atomic E-state index is -1.10. The number of hydrogen-bond acceptors (Lipinski definition) is 12. The topological polar surface area (TPSA) is 159 Å². The monoisotopic (exact) mass is 583 g/mol. The first kappa shape index (κ1) is 35.5. The van der Waals surface area contributed by atoms with Gasteiger partial charge < -0.3 is 38.9 Å². The third-order valence-corrected chi connectivity index (χ3v) is 5.43. The maximum atomic E-state index is 12.5. The number of hydrogen-bond donors (Lipinski definition) is 1. The lowest BCUT2D eigenvalue weighted by Crippen LogP contribution is -2.37. The molecule has 2 unspecified atom stereocenters. The molecular weight excluding hydrogens is 538 g/mol. The Bertz CT molecular complexity index is 982. The van der Waals surface area contributed by atoms with E-state index in [4.69, 9.17) is 38.9 Å². The predicted molar refractivity (Wildman–Crippen MR) is 149 cm³/mol. The van der Waals surface area contributed by atoms with Crippen LogP contribution in [0, 0.1) is 5.92 Å². The van der Waals surface area contributed by atoms with Gasteiger partial charge in [0, 0.05) is 0 Å². The third kappa shape index (κ3) is 15.1. The van der Waals surface area contributed by atoms with Crippen LogP contribution >= 0.6 is 0 Å². The van der Waals surface area contributed by atoms with E-state index >= 15 is 0 Å². The fourth-order valence-corrected chi connectivity index (χ4v) is 3.45. The van der Waals surface area contributed by atoms with E-state index < -0.39 is 36.6 Å². The molecule has 12 heteroatoms. The second-order valence-corrected chi connectivity index (χ2v) is 10.2. The van der Waals surface area contributed by atoms with Gasteiger partial charge in [0.2, 0.25) is 0 Å². The molecule has 232 valence electrons. The smallest absolute Gasteiger partial charge is 0.458 e. The first-order valence-electron chi connectivity index (χ1n) is 14.0. The summed E-state index contributed by atoms with van der Waals surface area (Å²) >= 11 is 0. The van der Waals surface area contributed by atoms with Crippen LogP contribution in [0.5, 0.6) is 11.5 Å². The molecule has 0 saturated carbocycles. The van der Waals surface area contributed by atoms with Gasteiger partial charge >= 0.3 is 24.4 Å². The lowest BCUT2D eigenvalue weighted by molar-refractivity contribution is -0.152. The first-order chi connectivity index (χ1) is 19.3. The summed E-state index contributed by atoms with van der Waals surface area (Å²) in [5, 5.41) is 0. The molecular formula is C29H45NO11. The van der Waals surface area contributed by atoms with Gasteiger partial charge in [-0.25, -0.2) is 14.4 Å². The molecule has 0 heterocycles. The number of carbonyl (C=O) groups is 4. The highest BCUT2D eigenvalue weighted by Crippen LogP contribution is 2.30. The standard InChI is InChI=1S/C29H45NO11/c1-8-10-19(5)38-28(33)40-24-13-12-22(15-25(24)41-29(34)39-20(6)11-9-2)14-23(30)26(31)37-21(7)17-36-27(32)35-16-18(3)4/h12-13,15,18-21,23H,8-11,14,16-17,30H2,1-7H3/t19?,20?,21-,23-/m0/s1. The Morgan fingerprint density at radius 2 is 1.24 bits per heavy atom. The molecule has 1 aromatic carbocycles. The van der Waals surface area contributed by atoms with E-state index in [2.05, 4.69) is 0 Å². The van der Waals surface area contributed by atoms with Crippen LogP contribution in [0.2, 0.25) is 0 Å². The number of rotatable bonds is 16. The number of benzene rings is 1. The largest absolute Gasteiger partial charge is 0.514 e. The Balaban J connectivity index is 2.89. The van der Waals surface area contributed by atoms with E-state index in [1.807, 2.05) is 27.7 Å². The number of nitrogens with two attached hydrogens (primary N) is 1. The lowest BCUT2D eigenvalue weighted by Gasteiger charge is -2.18. The van der Waals surface area contributed by atoms with Crippen molar-refractivity contribution in [1.82, 2.24) is 0 Å². The molecule has 0 spiro atoms. The zero-order chi connectivity index (χ0) is 30.9. The maximum Gasteiger partial charge on any atom is 0.514 e. The molecule has 0 radical (unpaired) electrons. The van der Waals surface area contributed by atoms with Crippen molar-refractivity contribution in [3.05, 3.63) is 23.8 Å². The maximum absolute atomic E-state index is 12.5. The van der Waals surface area contributed by atoms with Gasteiger partial charge in [-0.2, -0.15) is 0 Å². The van der Waals surface area contributed by atoms with Gasteiger partial charge in [-0.1, -0.05) is 46.6 Å². The summed E-state index contributed by atoms with van der Waals surface area (Å²) in [5.41, 5.74) is 6.53. The summed E-state index contributed by atoms with van der Waals surface area (Å²) in [5.74, 6) is -0.769. The average molecular weight is 584 g/mol. The van der Waals surface area contributed by atoms with E-state index in [9.17, 15) is 19.2 Å². The highest BCUT2D eigenvalue weighted by molar-refractivity contribution is 5.76. The van der Waals surface area contributed by atoms with Crippen LogP contribution in [0.4, 0.5) is 14.4 Å². The van der Waals surface area contributed by atoms with E-state index in [-0.39, 0.29) is 49.3 Å². The molecule has 41 heavy (non-hydrogen) atoms. The molecule has 2 N–H and O–H groups in total. The molecule has 0 aliphatic carbocycles. The van der Waals surface area contributed by atoms with Gasteiger partial charge in [-0.05, 0) is 63.6 Å². The van der Waals surface area contributed by atoms with Crippen molar-refractivity contribution in [1.29, 1.82) is 0 Å². The van der Waals surface area contributed by atoms with Gasteiger partial charge in [0.25, 0.3) is 0 Å². The van der Waals surface area contributed by atoms with Gasteiger partial charge in [0.15, 0.2) is 11.5 Å². The quantitative estimate of drug-likeness (QED) is 0.144. The predicted octanol–water partition coefficient (Wildman–Crippen LogP) is 5.71. The Labute approximate surface area is 242 Å². The average Bonchev–Trinajstić information content (AvgIpc) is 2.87. The van der Waals surface area contributed by atoms with Crippen LogP contribution in [0.25, 0.3) is 0 Å². The molecule has 0 fully saturated rings. The van der Waals surface area contributed by atoms with Gasteiger partial charge in [-0.15, -0.1) is 0 Å². The van der Waals surface area contributed by atoms with Crippen molar-refractivity contribution in [2.75, 3.05) is 13.2 Å². The minimum absolute atomic E-state index is 0.00124. The summed E-state index contributed by atoms with van der Waals surface area (Å²) < 4.78 is 36.2. The zero-order valence-electron chi connectivity index (χ0n) is 25.1. The van der Waals surface area contributed by atoms with Gasteiger partial charge in [-0.3, -0.25) is 4.79 Å². The number of ether oxygens (including phenoxy) is 7. The van der Waals surface area contributed by atoms with Crippen molar-refractivity contribution >= 4 is 24.4 Å². The SMILES string of the molecule is CCCC(C)OC(=O)Oc1ccc(C[C@H](N)C(=O)O[C@@H](C)COC(=O)OCC(C)C)cc1OC(=O)OC(C)CCC. The molecule has 1 aromatic rings. The van der Waals surface area contributed by atoms with Crippen LogP contribution in [0.3, 0.4) is 0 Å². The third-order valence-electron chi connectivity index (χ3n) is 5.43. The molecule has 0 aliphatic heterocycles. The van der Waals surface area contributed by atoms with Crippen LogP contribution in [0.1, 0.15) is 79.7 Å². The Kier molecular flexibility index (Phi) is 16.2. The molecule has 1 rings (SSSR count). The molecule has 0 saturated heterocycles. The highest BCUT2D eigenvalue weighted by atomic mass is 16.8. The number of esters is 1. The summed E-state index contributed by atoms with van der Waals surface area (Å²) in [7, 11) is 0. The van der Waals surface area contributed by atoms with E-state index in [1.165, 1.54) is 12.1 Å². The summed E-state index contributed by atoms with van der Waals surface area (Å²) in [6, 6.07) is 3.27. The fourth-order valence-electron chi connectivity index (χ4n) is 3.45. The van der Waals surface area contributed by atoms with E-state index in [1.54, 1.807) is 26.8 Å². The number of carbonyl (C=O) groups excluding carboxylic acids is 4. The molecule has 0 bridgehead atoms. The van der Waals surface area contributed by atoms with Gasteiger partial charge in [0.05, 0.1) is 6.61 Å². The second kappa shape index (κ2) is 18.7. The molecule has 12 nitrogen and oxygen atoms in total. The molecule has 4 atom stereocenters. The molecule has 0 aromatic heterocycles. The van der Waals surface area contributed by atoms with Crippen molar-refractivity contribution < 1.29 is 52.3 Å². The van der Waals surface area contributed by atoms with Crippen molar-refractivity contribution in [2.45, 2.75) is 105 Å². The summed E-state index contributed by atoms with van der Waals surface area (Å²) in [6.07, 6.45) is -1.39. The zero-order valence-corrected chi connectivity index (χ0v) is 25.1. The highest BCUT2D eigenvalue weighted by Gasteiger charge is 2.23. The van der Waals surface area contributed by atoms with Crippen molar-refractivity contribution in [3.63, 3.8) is 0 Å². The first-order valence-corrected chi connectivity index (χ1v) is 14.0. The van der Waals surface area contributed by atoms with Crippen LogP contribution < -0.4 is 15.2 Å². The summed E-state index contributed by atoms with van der Waals surface area (Å²) in [6.45, 7) is 12.7. The van der Waals surface area contributed by atoms with Crippen LogP contribution in [-0.4, -0.2) is 62.0 Å². The van der Waals surface area contributed by atoms with E-state index in [0.29, 0.717) is 18.4 Å². The van der Waals surface area contributed by atoms with Crippen LogP contribution in [0.15, 0.2) is 18.2 Å². The molecule has 0 aliphatic rings. The van der Waals surface area contributed by atoms with E-state index in [0.717, 1.165) is 12.8 Å². The second-order valence-electron chi connectivity index (χ2n) is 10.2. The van der Waals surface area contributed by atoms with Gasteiger partial charge in [0.1, 0.15) is 31.0 Å². The summed E-state index contributed by atoms with van der Waals surface area (Å²) in [4.78, 5) is 48.8. The Morgan fingerprint density at radius 3 is 1.78 bits per heavy atom. The minimum Gasteiger partial charge on any atom is -0.458 e.